The number of imidazole rings is 2. The number of nitrogens with one attached hydrogen (secondary N) is 2. The smallest absolute Gasteiger partial charge is 0.210 e. The summed E-state index contributed by atoms with van der Waals surface area (Å²) in [5.74, 6) is 0.694. The third-order valence-electron chi connectivity index (χ3n) is 1.16. The molecule has 0 bridgehead atoms. The Balaban J connectivity index is 0.000000227. The lowest BCUT2D eigenvalue weighted by Crippen LogP contribution is -1.78. The minimum absolute atomic E-state index is 0. The lowest BCUT2D eigenvalue weighted by Gasteiger charge is -1.86. The van der Waals surface area contributed by atoms with Crippen LogP contribution in [-0.4, -0.2) is 27.0 Å². The molecule has 5 nitrogen and oxygen atoms in total. The highest BCUT2D eigenvalue weighted by Gasteiger charge is 1.82. The van der Waals surface area contributed by atoms with Crippen molar-refractivity contribution in [1.29, 1.82) is 0 Å². The molecule has 0 aromatic carbocycles. The Morgan fingerprint density at radius 3 is 2.07 bits per heavy atom. The van der Waals surface area contributed by atoms with Gasteiger partial charge in [-0.05, 0) is 15.9 Å². The first-order chi connectivity index (χ1) is 6.33. The van der Waals surface area contributed by atoms with Gasteiger partial charge < -0.3 is 14.7 Å². The Kier molecular flexibility index (Phi) is 6.47. The topological polar surface area (TPSA) is 66.6 Å². The second-order valence-electron chi connectivity index (χ2n) is 2.02. The van der Waals surface area contributed by atoms with Crippen LogP contribution in [0.15, 0.2) is 29.7 Å². The van der Waals surface area contributed by atoms with E-state index in [-0.39, 0.29) is 7.43 Å². The van der Waals surface area contributed by atoms with Crippen molar-refractivity contribution in [2.24, 2.45) is 0 Å². The third kappa shape index (κ3) is 4.66. The van der Waals surface area contributed by atoms with E-state index in [9.17, 15) is 0 Å². The van der Waals surface area contributed by atoms with Crippen molar-refractivity contribution in [2.45, 2.75) is 7.43 Å². The number of hydrogen-bond donors (Lipinski definition) is 2. The van der Waals surface area contributed by atoms with E-state index in [2.05, 4.69) is 35.9 Å². The number of halogens is 1. The average Bonchev–Trinajstić information content (AvgIpc) is 2.76. The van der Waals surface area contributed by atoms with Crippen LogP contribution >= 0.6 is 15.9 Å². The summed E-state index contributed by atoms with van der Waals surface area (Å²) in [7, 11) is 1.59. The van der Waals surface area contributed by atoms with Crippen molar-refractivity contribution in [2.75, 3.05) is 7.11 Å². The number of nitrogens with zero attached hydrogens (tertiary/aromatic N) is 2. The minimum Gasteiger partial charge on any atom is -0.481 e. The summed E-state index contributed by atoms with van der Waals surface area (Å²) < 4.78 is 5.66. The Bertz CT molecular complexity index is 306. The molecule has 2 N–H and O–H groups in total. The van der Waals surface area contributed by atoms with Gasteiger partial charge in [0.2, 0.25) is 5.88 Å². The molecule has 0 saturated carbocycles. The molecule has 78 valence electrons. The molecule has 0 unspecified atom stereocenters. The van der Waals surface area contributed by atoms with Crippen molar-refractivity contribution >= 4 is 15.9 Å². The number of aromatic nitrogens is 4. The van der Waals surface area contributed by atoms with Crippen LogP contribution in [0.5, 0.6) is 5.88 Å². The molecule has 14 heavy (non-hydrogen) atoms. The monoisotopic (exact) mass is 260 g/mol. The predicted octanol–water partition coefficient (Wildman–Crippen LogP) is 2.23. The van der Waals surface area contributed by atoms with E-state index in [0.717, 1.165) is 4.60 Å². The summed E-state index contributed by atoms with van der Waals surface area (Å²) in [6, 6.07) is 0. The SMILES string of the molecule is Brc1cnc[nH]1.C.COc1cnc[nH]1. The van der Waals surface area contributed by atoms with E-state index < -0.39 is 0 Å². The van der Waals surface area contributed by atoms with Crippen LogP contribution in [0.25, 0.3) is 0 Å². The van der Waals surface area contributed by atoms with Gasteiger partial charge in [0.15, 0.2) is 0 Å². The van der Waals surface area contributed by atoms with Crippen molar-refractivity contribution in [3.05, 3.63) is 29.7 Å². The highest BCUT2D eigenvalue weighted by molar-refractivity contribution is 9.10. The summed E-state index contributed by atoms with van der Waals surface area (Å²) in [6.45, 7) is 0. The van der Waals surface area contributed by atoms with E-state index in [1.807, 2.05) is 0 Å². The average molecular weight is 261 g/mol. The predicted molar refractivity (Wildman–Crippen MR) is 58.2 cm³/mol. The van der Waals surface area contributed by atoms with Gasteiger partial charge in [-0.3, -0.25) is 0 Å². The maximum atomic E-state index is 4.74. The summed E-state index contributed by atoms with van der Waals surface area (Å²) in [4.78, 5) is 13.0. The Hall–Kier alpha value is -1.30. The van der Waals surface area contributed by atoms with E-state index in [0.29, 0.717) is 5.88 Å². The van der Waals surface area contributed by atoms with Gasteiger partial charge in [0.05, 0.1) is 32.2 Å². The fourth-order valence-corrected chi connectivity index (χ4v) is 0.814. The van der Waals surface area contributed by atoms with E-state index in [1.165, 1.54) is 0 Å². The number of ether oxygens (including phenoxy) is 1. The van der Waals surface area contributed by atoms with Crippen molar-refractivity contribution < 1.29 is 4.74 Å². The molecule has 2 rings (SSSR count). The molecular formula is C8H13BrN4O. The van der Waals surface area contributed by atoms with E-state index in [4.69, 9.17) is 4.74 Å². The zero-order chi connectivity index (χ0) is 9.52. The number of hydrogen-bond acceptors (Lipinski definition) is 3. The Morgan fingerprint density at radius 2 is 1.86 bits per heavy atom. The van der Waals surface area contributed by atoms with Gasteiger partial charge in [-0.2, -0.15) is 0 Å². The van der Waals surface area contributed by atoms with Gasteiger partial charge in [0, 0.05) is 0 Å². The first-order valence-corrected chi connectivity index (χ1v) is 4.28. The molecule has 2 aromatic heterocycles. The fourth-order valence-electron chi connectivity index (χ4n) is 0.594. The molecule has 6 heteroatoms. The molecule has 0 amide bonds. The molecule has 0 aliphatic rings. The molecule has 0 spiro atoms. The quantitative estimate of drug-likeness (QED) is 0.827. The van der Waals surface area contributed by atoms with Crippen LogP contribution < -0.4 is 4.74 Å². The molecule has 0 fully saturated rings. The van der Waals surface area contributed by atoms with Gasteiger partial charge in [-0.15, -0.1) is 0 Å². The zero-order valence-electron chi connectivity index (χ0n) is 6.99. The van der Waals surface area contributed by atoms with Crippen LogP contribution in [0.4, 0.5) is 0 Å². The molecule has 0 aliphatic heterocycles. The Morgan fingerprint density at radius 1 is 1.21 bits per heavy atom. The van der Waals surface area contributed by atoms with Gasteiger partial charge in [-0.1, -0.05) is 7.43 Å². The third-order valence-corrected chi connectivity index (χ3v) is 1.59. The maximum Gasteiger partial charge on any atom is 0.210 e. The molecule has 0 atom stereocenters. The van der Waals surface area contributed by atoms with Crippen molar-refractivity contribution in [3.63, 3.8) is 0 Å². The largest absolute Gasteiger partial charge is 0.481 e. The molecule has 2 aromatic rings. The molecule has 0 saturated heterocycles. The lowest BCUT2D eigenvalue weighted by atomic mass is 10.9. The van der Waals surface area contributed by atoms with Crippen LogP contribution in [0, 0.1) is 0 Å². The van der Waals surface area contributed by atoms with Gasteiger partial charge in [-0.25, -0.2) is 9.97 Å². The van der Waals surface area contributed by atoms with Crippen LogP contribution in [0.1, 0.15) is 7.43 Å². The second-order valence-corrected chi connectivity index (χ2v) is 2.87. The van der Waals surface area contributed by atoms with Gasteiger partial charge in [0.1, 0.15) is 4.60 Å². The normalized spacial score (nSPS) is 8.14. The van der Waals surface area contributed by atoms with Crippen LogP contribution in [0.3, 0.4) is 0 Å². The highest BCUT2D eigenvalue weighted by Crippen LogP contribution is 1.98. The lowest BCUT2D eigenvalue weighted by molar-refractivity contribution is 0.400. The fraction of sp³-hybridized carbons (Fsp3) is 0.250. The number of rotatable bonds is 1. The number of H-pyrrole nitrogens is 2. The molecule has 2 heterocycles. The first kappa shape index (κ1) is 12.7. The zero-order valence-corrected chi connectivity index (χ0v) is 8.58. The van der Waals surface area contributed by atoms with Crippen molar-refractivity contribution in [3.8, 4) is 5.88 Å². The summed E-state index contributed by atoms with van der Waals surface area (Å²) in [5, 5.41) is 0. The second kappa shape index (κ2) is 7.14. The Labute approximate surface area is 91.1 Å². The first-order valence-electron chi connectivity index (χ1n) is 3.49. The molecule has 0 aliphatic carbocycles. The van der Waals surface area contributed by atoms with E-state index >= 15 is 0 Å². The number of aromatic amines is 2. The summed E-state index contributed by atoms with van der Waals surface area (Å²) >= 11 is 3.16. The summed E-state index contributed by atoms with van der Waals surface area (Å²) in [5.41, 5.74) is 0. The van der Waals surface area contributed by atoms with Gasteiger partial charge >= 0.3 is 0 Å². The minimum atomic E-state index is 0. The standard InChI is InChI=1S/C4H6N2O.C3H3BrN2.CH4/c1-7-4-2-5-3-6-4;4-3-1-5-2-6-3;/h2-3H,1H3,(H,5,6);1-2H,(H,5,6);1H4. The highest BCUT2D eigenvalue weighted by atomic mass is 79.9. The maximum absolute atomic E-state index is 4.74. The summed E-state index contributed by atoms with van der Waals surface area (Å²) in [6.07, 6.45) is 6.49. The molecular weight excluding hydrogens is 248 g/mol. The molecule has 0 radical (unpaired) electrons. The van der Waals surface area contributed by atoms with Crippen molar-refractivity contribution in [1.82, 2.24) is 19.9 Å². The van der Waals surface area contributed by atoms with Crippen LogP contribution in [0.2, 0.25) is 0 Å². The van der Waals surface area contributed by atoms with Crippen LogP contribution in [-0.2, 0) is 0 Å². The number of methoxy groups -OCH3 is 1. The van der Waals surface area contributed by atoms with E-state index in [1.54, 1.807) is 32.2 Å². The van der Waals surface area contributed by atoms with Gasteiger partial charge in [0.25, 0.3) is 0 Å².